The number of rotatable bonds is 9. The van der Waals surface area contributed by atoms with Crippen LogP contribution in [0.3, 0.4) is 0 Å². The Balaban J connectivity index is 1.94. The lowest BCUT2D eigenvalue weighted by molar-refractivity contribution is -0.137. The van der Waals surface area contributed by atoms with Crippen molar-refractivity contribution < 1.29 is 28.9 Å². The fourth-order valence-corrected chi connectivity index (χ4v) is 3.75. The number of nitrogens with zero attached hydrogens (tertiary/aromatic N) is 2. The van der Waals surface area contributed by atoms with E-state index in [-0.39, 0.29) is 28.9 Å². The van der Waals surface area contributed by atoms with Gasteiger partial charge in [-0.2, -0.15) is 5.10 Å². The molecule has 3 rings (SSSR count). The SMILES string of the molecule is CC(C)(C)[C@@H](O)COc1cc(C(=O)N[C@@H](CC(=O)O)c2ccc(Cl)cc2Cl)nn1-c1cccc(F)c1. The summed E-state index contributed by atoms with van der Waals surface area (Å²) >= 11 is 12.2. The minimum Gasteiger partial charge on any atom is -0.481 e. The van der Waals surface area contributed by atoms with Crippen molar-refractivity contribution in [2.24, 2.45) is 5.41 Å². The van der Waals surface area contributed by atoms with E-state index in [1.165, 1.54) is 47.1 Å². The number of amides is 1. The number of carbonyl (C=O) groups is 2. The van der Waals surface area contributed by atoms with E-state index in [2.05, 4.69) is 10.4 Å². The van der Waals surface area contributed by atoms with Crippen molar-refractivity contribution in [2.45, 2.75) is 39.3 Å². The molecule has 0 fully saturated rings. The summed E-state index contributed by atoms with van der Waals surface area (Å²) in [5.74, 6) is -2.29. The molecule has 0 unspecified atom stereocenters. The van der Waals surface area contributed by atoms with Crippen LogP contribution < -0.4 is 10.1 Å². The fourth-order valence-electron chi connectivity index (χ4n) is 3.21. The number of carbonyl (C=O) groups excluding carboxylic acids is 1. The van der Waals surface area contributed by atoms with Crippen LogP contribution in [0.1, 0.15) is 49.3 Å². The Bertz CT molecular complexity index is 1260. The second-order valence-corrected chi connectivity index (χ2v) is 10.1. The minimum atomic E-state index is -1.16. The molecule has 0 saturated carbocycles. The lowest BCUT2D eigenvalue weighted by atomic mass is 9.90. The van der Waals surface area contributed by atoms with Gasteiger partial charge in [0.1, 0.15) is 12.4 Å². The van der Waals surface area contributed by atoms with E-state index in [9.17, 15) is 24.2 Å². The Morgan fingerprint density at radius 2 is 1.89 bits per heavy atom. The van der Waals surface area contributed by atoms with E-state index in [4.69, 9.17) is 27.9 Å². The van der Waals surface area contributed by atoms with Gasteiger partial charge in [0.05, 0.1) is 24.3 Å². The Labute approximate surface area is 217 Å². The Hall–Kier alpha value is -3.14. The molecule has 8 nitrogen and oxygen atoms in total. The van der Waals surface area contributed by atoms with Gasteiger partial charge >= 0.3 is 5.97 Å². The summed E-state index contributed by atoms with van der Waals surface area (Å²) in [6, 6.07) is 10.4. The smallest absolute Gasteiger partial charge is 0.305 e. The van der Waals surface area contributed by atoms with Crippen LogP contribution in [0.5, 0.6) is 5.88 Å². The summed E-state index contributed by atoms with van der Waals surface area (Å²) in [7, 11) is 0. The molecule has 0 aliphatic rings. The normalized spacial score (nSPS) is 13.2. The topological polar surface area (TPSA) is 114 Å². The third-order valence-electron chi connectivity index (χ3n) is 5.37. The van der Waals surface area contributed by atoms with Gasteiger partial charge in [0.25, 0.3) is 5.91 Å². The molecule has 1 heterocycles. The number of carboxylic acids is 1. The van der Waals surface area contributed by atoms with Crippen LogP contribution in [-0.4, -0.2) is 44.6 Å². The lowest BCUT2D eigenvalue weighted by Gasteiger charge is -2.25. The van der Waals surface area contributed by atoms with Crippen molar-refractivity contribution >= 4 is 35.1 Å². The molecule has 3 N–H and O–H groups in total. The van der Waals surface area contributed by atoms with Crippen molar-refractivity contribution in [2.75, 3.05) is 6.61 Å². The first-order valence-electron chi connectivity index (χ1n) is 11.0. The zero-order chi connectivity index (χ0) is 26.6. The molecule has 0 bridgehead atoms. The van der Waals surface area contributed by atoms with Gasteiger partial charge in [0, 0.05) is 16.1 Å². The maximum absolute atomic E-state index is 13.9. The predicted molar refractivity (Wildman–Crippen MR) is 133 cm³/mol. The number of hydrogen-bond donors (Lipinski definition) is 3. The summed E-state index contributed by atoms with van der Waals surface area (Å²) in [5.41, 5.74) is 0.0782. The third-order valence-corrected chi connectivity index (χ3v) is 5.94. The number of aliphatic hydroxyl groups excluding tert-OH is 1. The predicted octanol–water partition coefficient (Wildman–Crippen LogP) is 5.05. The van der Waals surface area contributed by atoms with Gasteiger partial charge in [0.15, 0.2) is 5.69 Å². The van der Waals surface area contributed by atoms with Crippen LogP contribution in [-0.2, 0) is 4.79 Å². The van der Waals surface area contributed by atoms with Crippen molar-refractivity contribution in [3.8, 4) is 11.6 Å². The molecule has 11 heteroatoms. The molecule has 192 valence electrons. The van der Waals surface area contributed by atoms with Gasteiger partial charge in [-0.1, -0.05) is 56.1 Å². The molecule has 0 radical (unpaired) electrons. The van der Waals surface area contributed by atoms with E-state index in [0.717, 1.165) is 0 Å². The third kappa shape index (κ3) is 6.96. The molecule has 2 aromatic carbocycles. The summed E-state index contributed by atoms with van der Waals surface area (Å²) in [6.45, 7) is 5.42. The van der Waals surface area contributed by atoms with Crippen molar-refractivity contribution in [1.29, 1.82) is 0 Å². The molecule has 0 saturated heterocycles. The second kappa shape index (κ2) is 11.3. The first kappa shape index (κ1) is 27.4. The van der Waals surface area contributed by atoms with E-state index >= 15 is 0 Å². The molecule has 36 heavy (non-hydrogen) atoms. The average Bonchev–Trinajstić information content (AvgIpc) is 3.20. The molecule has 1 aromatic heterocycles. The van der Waals surface area contributed by atoms with Crippen molar-refractivity contribution in [1.82, 2.24) is 15.1 Å². The lowest BCUT2D eigenvalue weighted by Crippen LogP contribution is -2.32. The van der Waals surface area contributed by atoms with Crippen molar-refractivity contribution in [3.63, 3.8) is 0 Å². The molecule has 0 spiro atoms. The van der Waals surface area contributed by atoms with Crippen LogP contribution in [0.2, 0.25) is 10.0 Å². The zero-order valence-electron chi connectivity index (χ0n) is 19.8. The molecule has 2 atom stereocenters. The maximum atomic E-state index is 13.9. The van der Waals surface area contributed by atoms with Crippen LogP contribution in [0.4, 0.5) is 4.39 Å². The van der Waals surface area contributed by atoms with E-state index < -0.39 is 41.7 Å². The number of aliphatic hydroxyl groups is 1. The monoisotopic (exact) mass is 537 g/mol. The van der Waals surface area contributed by atoms with E-state index in [0.29, 0.717) is 10.6 Å². The largest absolute Gasteiger partial charge is 0.481 e. The number of aromatic nitrogens is 2. The number of hydrogen-bond acceptors (Lipinski definition) is 5. The van der Waals surface area contributed by atoms with Gasteiger partial charge in [-0.3, -0.25) is 9.59 Å². The van der Waals surface area contributed by atoms with Gasteiger partial charge < -0.3 is 20.3 Å². The number of ether oxygens (including phenoxy) is 1. The van der Waals surface area contributed by atoms with Gasteiger partial charge in [-0.25, -0.2) is 9.07 Å². The highest BCUT2D eigenvalue weighted by Gasteiger charge is 2.26. The van der Waals surface area contributed by atoms with Crippen LogP contribution >= 0.6 is 23.2 Å². The fraction of sp³-hybridized carbons (Fsp3) is 0.320. The van der Waals surface area contributed by atoms with E-state index in [1.807, 2.05) is 20.8 Å². The maximum Gasteiger partial charge on any atom is 0.305 e. The second-order valence-electron chi connectivity index (χ2n) is 9.24. The number of nitrogens with one attached hydrogen (secondary N) is 1. The van der Waals surface area contributed by atoms with Crippen LogP contribution in [0.15, 0.2) is 48.5 Å². The average molecular weight is 538 g/mol. The molecule has 1 amide bonds. The van der Waals surface area contributed by atoms with Crippen LogP contribution in [0.25, 0.3) is 5.69 Å². The highest BCUT2D eigenvalue weighted by atomic mass is 35.5. The number of halogens is 3. The summed E-state index contributed by atoms with van der Waals surface area (Å²) in [4.78, 5) is 24.6. The first-order valence-corrected chi connectivity index (χ1v) is 11.7. The summed E-state index contributed by atoms with van der Waals surface area (Å²) < 4.78 is 20.9. The number of benzene rings is 2. The minimum absolute atomic E-state index is 0.0911. The quantitative estimate of drug-likeness (QED) is 0.352. The molecular formula is C25H26Cl2FN3O5. The van der Waals surface area contributed by atoms with Gasteiger partial charge in [-0.05, 0) is 41.3 Å². The summed E-state index contributed by atoms with van der Waals surface area (Å²) in [6.07, 6.45) is -1.28. The van der Waals surface area contributed by atoms with Gasteiger partial charge in [0.2, 0.25) is 5.88 Å². The summed E-state index contributed by atoms with van der Waals surface area (Å²) in [5, 5.41) is 27.2. The molecular weight excluding hydrogens is 512 g/mol. The molecule has 3 aromatic rings. The van der Waals surface area contributed by atoms with Crippen molar-refractivity contribution in [3.05, 3.63) is 75.7 Å². The number of carboxylic acid groups (broad SMARTS) is 1. The Morgan fingerprint density at radius 3 is 2.50 bits per heavy atom. The Morgan fingerprint density at radius 1 is 1.17 bits per heavy atom. The number of aliphatic carboxylic acids is 1. The molecule has 0 aliphatic heterocycles. The Kier molecular flexibility index (Phi) is 8.60. The molecule has 0 aliphatic carbocycles. The van der Waals surface area contributed by atoms with E-state index in [1.54, 1.807) is 6.07 Å². The highest BCUT2D eigenvalue weighted by Crippen LogP contribution is 2.29. The van der Waals surface area contributed by atoms with Gasteiger partial charge in [-0.15, -0.1) is 0 Å². The zero-order valence-corrected chi connectivity index (χ0v) is 21.3. The highest BCUT2D eigenvalue weighted by molar-refractivity contribution is 6.35. The first-order chi connectivity index (χ1) is 16.8. The van der Waals surface area contributed by atoms with Crippen LogP contribution in [0, 0.1) is 11.2 Å². The standard InChI is InChI=1S/C25H26Cl2FN3O5/c1-25(2,3)21(32)13-36-22-11-20(30-31(22)16-6-4-5-15(28)10-16)24(35)29-19(12-23(33)34)17-8-7-14(26)9-18(17)27/h4-11,19,21,32H,12-13H2,1-3H3,(H,29,35)(H,33,34)/t19-,21-/m0/s1.